The van der Waals surface area contributed by atoms with E-state index >= 15 is 0 Å². The number of hydrogen-bond acceptors (Lipinski definition) is 4. The van der Waals surface area contributed by atoms with Crippen LogP contribution in [0.5, 0.6) is 11.5 Å². The molecule has 3 rings (SSSR count). The molecule has 20 heavy (non-hydrogen) atoms. The minimum atomic E-state index is 0.0381. The monoisotopic (exact) mass is 296 g/mol. The van der Waals surface area contributed by atoms with Crippen LogP contribution >= 0.6 is 11.6 Å². The Kier molecular flexibility index (Phi) is 3.98. The van der Waals surface area contributed by atoms with Crippen LogP contribution in [0.3, 0.4) is 0 Å². The van der Waals surface area contributed by atoms with Crippen molar-refractivity contribution in [1.29, 1.82) is 0 Å². The Labute approximate surface area is 122 Å². The highest BCUT2D eigenvalue weighted by atomic mass is 35.5. The SMILES string of the molecule is O=C(CNCc1cc(Cl)c2c(c1)OCCO2)NC1CC1. The van der Waals surface area contributed by atoms with E-state index in [1.165, 1.54) is 0 Å². The molecule has 1 aromatic carbocycles. The number of carbonyl (C=O) groups is 1. The molecule has 0 atom stereocenters. The molecule has 1 aliphatic heterocycles. The van der Waals surface area contributed by atoms with Crippen molar-refractivity contribution < 1.29 is 14.3 Å². The first-order chi connectivity index (χ1) is 9.72. The van der Waals surface area contributed by atoms with Crippen LogP contribution in [0, 0.1) is 0 Å². The molecule has 0 spiro atoms. The quantitative estimate of drug-likeness (QED) is 0.864. The third-order valence-corrected chi connectivity index (χ3v) is 3.49. The van der Waals surface area contributed by atoms with E-state index in [2.05, 4.69) is 10.6 Å². The summed E-state index contributed by atoms with van der Waals surface area (Å²) in [5, 5.41) is 6.57. The molecule has 1 fully saturated rings. The zero-order valence-electron chi connectivity index (χ0n) is 11.1. The van der Waals surface area contributed by atoms with Gasteiger partial charge in [0.05, 0.1) is 11.6 Å². The Morgan fingerprint density at radius 2 is 2.10 bits per heavy atom. The predicted octanol–water partition coefficient (Wildman–Crippen LogP) is 1.48. The second-order valence-corrected chi connectivity index (χ2v) is 5.45. The zero-order valence-corrected chi connectivity index (χ0v) is 11.8. The highest BCUT2D eigenvalue weighted by Crippen LogP contribution is 2.38. The molecule has 1 aromatic rings. The highest BCUT2D eigenvalue weighted by Gasteiger charge is 2.22. The molecule has 1 aliphatic carbocycles. The van der Waals surface area contributed by atoms with Crippen LogP contribution in [-0.2, 0) is 11.3 Å². The third kappa shape index (κ3) is 3.35. The van der Waals surface area contributed by atoms with Gasteiger partial charge in [0.1, 0.15) is 13.2 Å². The molecular weight excluding hydrogens is 280 g/mol. The standard InChI is InChI=1S/C14H17ClN2O3/c15-11-5-9(6-12-14(11)20-4-3-19-12)7-16-8-13(18)17-10-1-2-10/h5-6,10,16H,1-4,7-8H2,(H,17,18). The van der Waals surface area contributed by atoms with Crippen molar-refractivity contribution in [3.8, 4) is 11.5 Å². The summed E-state index contributed by atoms with van der Waals surface area (Å²) in [7, 11) is 0. The lowest BCUT2D eigenvalue weighted by atomic mass is 10.2. The molecular formula is C14H17ClN2O3. The average Bonchev–Trinajstić information content (AvgIpc) is 3.23. The number of carbonyl (C=O) groups excluding carboxylic acids is 1. The Balaban J connectivity index is 1.54. The van der Waals surface area contributed by atoms with Crippen LogP contribution in [0.2, 0.25) is 5.02 Å². The number of fused-ring (bicyclic) bond motifs is 1. The fourth-order valence-corrected chi connectivity index (χ4v) is 2.38. The van der Waals surface area contributed by atoms with Gasteiger partial charge in [0.2, 0.25) is 5.91 Å². The number of hydrogen-bond donors (Lipinski definition) is 2. The maximum absolute atomic E-state index is 11.5. The van der Waals surface area contributed by atoms with Gasteiger partial charge in [-0.1, -0.05) is 11.6 Å². The van der Waals surface area contributed by atoms with Crippen molar-refractivity contribution in [1.82, 2.24) is 10.6 Å². The Hall–Kier alpha value is -1.46. The lowest BCUT2D eigenvalue weighted by Crippen LogP contribution is -2.34. The number of amides is 1. The molecule has 6 heteroatoms. The first-order valence-electron chi connectivity index (χ1n) is 6.80. The second kappa shape index (κ2) is 5.89. The summed E-state index contributed by atoms with van der Waals surface area (Å²) in [6.45, 7) is 1.92. The van der Waals surface area contributed by atoms with Gasteiger partial charge >= 0.3 is 0 Å². The molecule has 0 radical (unpaired) electrons. The molecule has 0 unspecified atom stereocenters. The predicted molar refractivity (Wildman–Crippen MR) is 75.3 cm³/mol. The first-order valence-corrected chi connectivity index (χ1v) is 7.18. The van der Waals surface area contributed by atoms with Gasteiger partial charge in [-0.15, -0.1) is 0 Å². The van der Waals surface area contributed by atoms with Crippen LogP contribution in [0.15, 0.2) is 12.1 Å². The van der Waals surface area contributed by atoms with E-state index in [0.717, 1.165) is 18.4 Å². The zero-order chi connectivity index (χ0) is 13.9. The fourth-order valence-electron chi connectivity index (χ4n) is 2.09. The molecule has 1 heterocycles. The molecule has 0 aromatic heterocycles. The van der Waals surface area contributed by atoms with Gasteiger partial charge in [-0.2, -0.15) is 0 Å². The van der Waals surface area contributed by atoms with Gasteiger partial charge in [0.15, 0.2) is 11.5 Å². The molecule has 2 N–H and O–H groups in total. The topological polar surface area (TPSA) is 59.6 Å². The Bertz CT molecular complexity index is 517. The summed E-state index contributed by atoms with van der Waals surface area (Å²) in [6, 6.07) is 4.13. The molecule has 2 aliphatic rings. The van der Waals surface area contributed by atoms with Crippen molar-refractivity contribution in [3.05, 3.63) is 22.7 Å². The van der Waals surface area contributed by atoms with Crippen LogP contribution < -0.4 is 20.1 Å². The normalized spacial score (nSPS) is 16.9. The second-order valence-electron chi connectivity index (χ2n) is 5.05. The lowest BCUT2D eigenvalue weighted by molar-refractivity contribution is -0.120. The highest BCUT2D eigenvalue weighted by molar-refractivity contribution is 6.32. The largest absolute Gasteiger partial charge is 0.486 e. The van der Waals surface area contributed by atoms with Gasteiger partial charge in [0.25, 0.3) is 0 Å². The number of rotatable bonds is 5. The Morgan fingerprint density at radius 3 is 2.90 bits per heavy atom. The Morgan fingerprint density at radius 1 is 1.30 bits per heavy atom. The van der Waals surface area contributed by atoms with Gasteiger partial charge in [-0.3, -0.25) is 4.79 Å². The van der Waals surface area contributed by atoms with Crippen LogP contribution in [0.25, 0.3) is 0 Å². The number of halogens is 1. The summed E-state index contributed by atoms with van der Waals surface area (Å²) in [6.07, 6.45) is 2.20. The molecule has 5 nitrogen and oxygen atoms in total. The van der Waals surface area contributed by atoms with Crippen LogP contribution in [0.4, 0.5) is 0 Å². The van der Waals surface area contributed by atoms with Crippen molar-refractivity contribution >= 4 is 17.5 Å². The summed E-state index contributed by atoms with van der Waals surface area (Å²) in [4.78, 5) is 11.5. The van der Waals surface area contributed by atoms with E-state index in [4.69, 9.17) is 21.1 Å². The maximum Gasteiger partial charge on any atom is 0.234 e. The molecule has 0 saturated heterocycles. The summed E-state index contributed by atoms with van der Waals surface area (Å²) in [5.41, 5.74) is 0.971. The average molecular weight is 297 g/mol. The lowest BCUT2D eigenvalue weighted by Gasteiger charge is -2.20. The maximum atomic E-state index is 11.5. The minimum absolute atomic E-state index is 0.0381. The van der Waals surface area contributed by atoms with Crippen LogP contribution in [-0.4, -0.2) is 31.7 Å². The summed E-state index contributed by atoms with van der Waals surface area (Å²) < 4.78 is 11.0. The first kappa shape index (κ1) is 13.5. The number of benzene rings is 1. The van der Waals surface area contributed by atoms with Crippen molar-refractivity contribution in [3.63, 3.8) is 0 Å². The number of nitrogens with one attached hydrogen (secondary N) is 2. The van der Waals surface area contributed by atoms with Crippen molar-refractivity contribution in [2.75, 3.05) is 19.8 Å². The van der Waals surface area contributed by atoms with E-state index < -0.39 is 0 Å². The van der Waals surface area contributed by atoms with E-state index in [1.54, 1.807) is 0 Å². The molecule has 108 valence electrons. The van der Waals surface area contributed by atoms with E-state index in [1.807, 2.05) is 12.1 Å². The van der Waals surface area contributed by atoms with Crippen LogP contribution in [0.1, 0.15) is 18.4 Å². The third-order valence-electron chi connectivity index (χ3n) is 3.21. The smallest absolute Gasteiger partial charge is 0.234 e. The van der Waals surface area contributed by atoms with E-state index in [-0.39, 0.29) is 5.91 Å². The van der Waals surface area contributed by atoms with Gasteiger partial charge in [-0.05, 0) is 30.5 Å². The van der Waals surface area contributed by atoms with Crippen molar-refractivity contribution in [2.24, 2.45) is 0 Å². The van der Waals surface area contributed by atoms with E-state index in [9.17, 15) is 4.79 Å². The van der Waals surface area contributed by atoms with Crippen molar-refractivity contribution in [2.45, 2.75) is 25.4 Å². The summed E-state index contributed by atoms with van der Waals surface area (Å²) in [5.74, 6) is 1.31. The van der Waals surface area contributed by atoms with Gasteiger partial charge < -0.3 is 20.1 Å². The molecule has 1 amide bonds. The van der Waals surface area contributed by atoms with E-state index in [0.29, 0.717) is 48.9 Å². The molecule has 1 saturated carbocycles. The van der Waals surface area contributed by atoms with Gasteiger partial charge in [0, 0.05) is 12.6 Å². The summed E-state index contributed by atoms with van der Waals surface area (Å²) >= 11 is 6.15. The van der Waals surface area contributed by atoms with Gasteiger partial charge in [-0.25, -0.2) is 0 Å². The number of ether oxygens (including phenoxy) is 2. The minimum Gasteiger partial charge on any atom is -0.486 e. The fraction of sp³-hybridized carbons (Fsp3) is 0.500. The molecule has 0 bridgehead atoms.